The molecule has 1 N–H and O–H groups in total. The summed E-state index contributed by atoms with van der Waals surface area (Å²) in [6, 6.07) is 8.78. The molecule has 0 radical (unpaired) electrons. The van der Waals surface area contributed by atoms with Crippen LogP contribution in [0.25, 0.3) is 0 Å². The van der Waals surface area contributed by atoms with Crippen LogP contribution in [0.15, 0.2) is 41.8 Å². The Bertz CT molecular complexity index is 674. The lowest BCUT2D eigenvalue weighted by Crippen LogP contribution is -2.35. The predicted molar refractivity (Wildman–Crippen MR) is 84.1 cm³/mol. The average Bonchev–Trinajstić information content (AvgIpc) is 3.06. The molecule has 1 heterocycles. The topological polar surface area (TPSA) is 64.6 Å². The lowest BCUT2D eigenvalue weighted by atomic mass is 10.2. The van der Waals surface area contributed by atoms with Crippen molar-refractivity contribution in [3.05, 3.63) is 52.2 Å². The van der Waals surface area contributed by atoms with E-state index in [2.05, 4.69) is 10.1 Å². The van der Waals surface area contributed by atoms with Gasteiger partial charge in [0, 0.05) is 4.88 Å². The number of alkyl halides is 2. The van der Waals surface area contributed by atoms with Crippen molar-refractivity contribution in [2.45, 2.75) is 26.2 Å². The third kappa shape index (κ3) is 5.31. The SMILES string of the molecule is C[C@@H](OC(=O)c1ccc(OC(F)F)cc1)C(=O)NCc1cccs1. The molecule has 0 fully saturated rings. The van der Waals surface area contributed by atoms with Gasteiger partial charge in [-0.1, -0.05) is 6.07 Å². The third-order valence-electron chi connectivity index (χ3n) is 2.99. The van der Waals surface area contributed by atoms with Crippen molar-refractivity contribution >= 4 is 23.2 Å². The summed E-state index contributed by atoms with van der Waals surface area (Å²) < 4.78 is 33.4. The monoisotopic (exact) mass is 355 g/mol. The fourth-order valence-corrected chi connectivity index (χ4v) is 2.43. The highest BCUT2D eigenvalue weighted by atomic mass is 32.1. The van der Waals surface area contributed by atoms with E-state index in [-0.39, 0.29) is 11.3 Å². The summed E-state index contributed by atoms with van der Waals surface area (Å²) in [6.45, 7) is -1.12. The van der Waals surface area contributed by atoms with E-state index in [0.717, 1.165) is 4.88 Å². The molecule has 128 valence electrons. The minimum absolute atomic E-state index is 0.0664. The Morgan fingerprint density at radius 1 is 1.21 bits per heavy atom. The molecule has 0 saturated heterocycles. The zero-order valence-corrected chi connectivity index (χ0v) is 13.5. The molecule has 0 unspecified atom stereocenters. The minimum Gasteiger partial charge on any atom is -0.449 e. The average molecular weight is 355 g/mol. The fraction of sp³-hybridized carbons (Fsp3) is 0.250. The molecule has 8 heteroatoms. The van der Waals surface area contributed by atoms with Crippen LogP contribution in [0, 0.1) is 0 Å². The predicted octanol–water partition coefficient (Wildman–Crippen LogP) is 3.21. The van der Waals surface area contributed by atoms with Crippen molar-refractivity contribution in [2.75, 3.05) is 0 Å². The number of carbonyl (C=O) groups is 2. The Balaban J connectivity index is 1.84. The van der Waals surface area contributed by atoms with Gasteiger partial charge in [0.25, 0.3) is 5.91 Å². The van der Waals surface area contributed by atoms with Crippen molar-refractivity contribution in [1.29, 1.82) is 0 Å². The van der Waals surface area contributed by atoms with Crippen molar-refractivity contribution < 1.29 is 27.8 Å². The molecule has 1 aromatic carbocycles. The van der Waals surface area contributed by atoms with E-state index in [0.29, 0.717) is 6.54 Å². The number of ether oxygens (including phenoxy) is 2. The number of hydrogen-bond acceptors (Lipinski definition) is 5. The molecule has 0 bridgehead atoms. The molecule has 0 aliphatic rings. The molecular formula is C16H15F2NO4S. The lowest BCUT2D eigenvalue weighted by molar-refractivity contribution is -0.129. The Labute approximate surface area is 141 Å². The van der Waals surface area contributed by atoms with Gasteiger partial charge < -0.3 is 14.8 Å². The van der Waals surface area contributed by atoms with E-state index in [1.54, 1.807) is 0 Å². The molecule has 5 nitrogen and oxygen atoms in total. The normalized spacial score (nSPS) is 11.8. The van der Waals surface area contributed by atoms with Crippen LogP contribution in [0.2, 0.25) is 0 Å². The van der Waals surface area contributed by atoms with Gasteiger partial charge in [-0.05, 0) is 42.6 Å². The van der Waals surface area contributed by atoms with E-state index in [9.17, 15) is 18.4 Å². The van der Waals surface area contributed by atoms with Gasteiger partial charge in [-0.3, -0.25) is 4.79 Å². The molecule has 1 atom stereocenters. The van der Waals surface area contributed by atoms with Crippen LogP contribution in [0.4, 0.5) is 8.78 Å². The van der Waals surface area contributed by atoms with E-state index in [1.807, 2.05) is 17.5 Å². The van der Waals surface area contributed by atoms with Crippen molar-refractivity contribution in [2.24, 2.45) is 0 Å². The minimum atomic E-state index is -2.94. The van der Waals surface area contributed by atoms with Crippen LogP contribution < -0.4 is 10.1 Å². The number of amides is 1. The van der Waals surface area contributed by atoms with Crippen molar-refractivity contribution in [3.8, 4) is 5.75 Å². The molecule has 1 amide bonds. The summed E-state index contributed by atoms with van der Waals surface area (Å²) in [7, 11) is 0. The Morgan fingerprint density at radius 2 is 1.92 bits per heavy atom. The van der Waals surface area contributed by atoms with Gasteiger partial charge in [-0.2, -0.15) is 8.78 Å². The number of nitrogens with one attached hydrogen (secondary N) is 1. The first-order valence-corrected chi connectivity index (χ1v) is 7.89. The second kappa shape index (κ2) is 8.39. The number of carbonyl (C=O) groups excluding carboxylic acids is 2. The van der Waals surface area contributed by atoms with Crippen LogP contribution in [-0.4, -0.2) is 24.6 Å². The number of thiophene rings is 1. The van der Waals surface area contributed by atoms with Gasteiger partial charge in [0.2, 0.25) is 0 Å². The highest BCUT2D eigenvalue weighted by Crippen LogP contribution is 2.16. The van der Waals surface area contributed by atoms with Crippen LogP contribution in [0.5, 0.6) is 5.75 Å². The van der Waals surface area contributed by atoms with Crippen molar-refractivity contribution in [3.63, 3.8) is 0 Å². The maximum atomic E-state index is 12.1. The quantitative estimate of drug-likeness (QED) is 0.775. The molecule has 1 aromatic heterocycles. The largest absolute Gasteiger partial charge is 0.449 e. The molecule has 0 aliphatic heterocycles. The summed E-state index contributed by atoms with van der Waals surface area (Å²) in [4.78, 5) is 24.8. The van der Waals surface area contributed by atoms with Gasteiger partial charge in [-0.25, -0.2) is 4.79 Å². The van der Waals surface area contributed by atoms with E-state index in [1.165, 1.54) is 42.5 Å². The van der Waals surface area contributed by atoms with Crippen LogP contribution in [0.1, 0.15) is 22.2 Å². The van der Waals surface area contributed by atoms with Gasteiger partial charge in [0.1, 0.15) is 5.75 Å². The van der Waals surface area contributed by atoms with Gasteiger partial charge in [0.05, 0.1) is 12.1 Å². The third-order valence-corrected chi connectivity index (χ3v) is 3.86. The molecule has 24 heavy (non-hydrogen) atoms. The molecule has 0 spiro atoms. The second-order valence-electron chi connectivity index (χ2n) is 4.75. The summed E-state index contributed by atoms with van der Waals surface area (Å²) in [5, 5.41) is 4.56. The Hall–Kier alpha value is -2.48. The zero-order chi connectivity index (χ0) is 17.5. The van der Waals surface area contributed by atoms with E-state index >= 15 is 0 Å². The van der Waals surface area contributed by atoms with Gasteiger partial charge in [-0.15, -0.1) is 11.3 Å². The smallest absolute Gasteiger partial charge is 0.387 e. The first kappa shape index (κ1) is 17.9. The highest BCUT2D eigenvalue weighted by Gasteiger charge is 2.19. The highest BCUT2D eigenvalue weighted by molar-refractivity contribution is 7.09. The van der Waals surface area contributed by atoms with Gasteiger partial charge in [0.15, 0.2) is 6.10 Å². The number of rotatable bonds is 7. The number of benzene rings is 1. The molecular weight excluding hydrogens is 340 g/mol. The zero-order valence-electron chi connectivity index (χ0n) is 12.7. The number of hydrogen-bond donors (Lipinski definition) is 1. The van der Waals surface area contributed by atoms with Crippen LogP contribution in [-0.2, 0) is 16.1 Å². The fourth-order valence-electron chi connectivity index (χ4n) is 1.79. The molecule has 0 saturated carbocycles. The maximum Gasteiger partial charge on any atom is 0.387 e. The number of halogens is 2. The van der Waals surface area contributed by atoms with Gasteiger partial charge >= 0.3 is 12.6 Å². The summed E-state index contributed by atoms with van der Waals surface area (Å²) in [6.07, 6.45) is -0.977. The van der Waals surface area contributed by atoms with E-state index < -0.39 is 24.6 Å². The first-order chi connectivity index (χ1) is 11.5. The molecule has 2 rings (SSSR count). The number of esters is 1. The maximum absolute atomic E-state index is 12.1. The molecule has 0 aliphatic carbocycles. The summed E-state index contributed by atoms with van der Waals surface area (Å²) >= 11 is 1.51. The van der Waals surface area contributed by atoms with Crippen LogP contribution >= 0.6 is 11.3 Å². The second-order valence-corrected chi connectivity index (χ2v) is 5.78. The van der Waals surface area contributed by atoms with E-state index in [4.69, 9.17) is 4.74 Å². The Morgan fingerprint density at radius 3 is 2.50 bits per heavy atom. The lowest BCUT2D eigenvalue weighted by Gasteiger charge is -2.13. The van der Waals surface area contributed by atoms with Crippen LogP contribution in [0.3, 0.4) is 0 Å². The summed E-state index contributed by atoms with van der Waals surface area (Å²) in [5.74, 6) is -1.21. The summed E-state index contributed by atoms with van der Waals surface area (Å²) in [5.41, 5.74) is 0.134. The first-order valence-electron chi connectivity index (χ1n) is 7.01. The molecule has 2 aromatic rings. The standard InChI is InChI=1S/C16H15F2NO4S/c1-10(14(20)19-9-13-3-2-8-24-13)22-15(21)11-4-6-12(7-5-11)23-16(17)18/h2-8,10,16H,9H2,1H3,(H,19,20)/t10-/m1/s1. The Kier molecular flexibility index (Phi) is 6.25. The van der Waals surface area contributed by atoms with Crippen molar-refractivity contribution in [1.82, 2.24) is 5.32 Å².